The van der Waals surface area contributed by atoms with Crippen molar-refractivity contribution in [2.24, 2.45) is 5.92 Å². The van der Waals surface area contributed by atoms with Crippen molar-refractivity contribution in [3.05, 3.63) is 63.4 Å². The van der Waals surface area contributed by atoms with Crippen LogP contribution < -0.4 is 10.2 Å². The van der Waals surface area contributed by atoms with Gasteiger partial charge < -0.3 is 10.2 Å². The van der Waals surface area contributed by atoms with Crippen molar-refractivity contribution < 1.29 is 18.9 Å². The summed E-state index contributed by atoms with van der Waals surface area (Å²) in [6.07, 6.45) is 0.0117. The Balaban J connectivity index is 1.71. The zero-order chi connectivity index (χ0) is 18.8. The Morgan fingerprint density at radius 1 is 1.27 bits per heavy atom. The molecule has 2 aromatic rings. The number of nitrogens with zero attached hydrogens (tertiary/aromatic N) is 2. The van der Waals surface area contributed by atoms with E-state index in [1.807, 2.05) is 0 Å². The minimum atomic E-state index is -0.988. The average molecular weight is 378 g/mol. The van der Waals surface area contributed by atoms with Crippen LogP contribution in [0.1, 0.15) is 6.42 Å². The second kappa shape index (κ2) is 7.09. The largest absolute Gasteiger partial charge is 0.326 e. The fraction of sp³-hybridized carbons (Fsp3) is 0.176. The summed E-state index contributed by atoms with van der Waals surface area (Å²) in [7, 11) is 0. The number of rotatable bonds is 4. The number of benzene rings is 2. The third kappa shape index (κ3) is 3.65. The van der Waals surface area contributed by atoms with E-state index in [0.29, 0.717) is 10.7 Å². The van der Waals surface area contributed by atoms with Crippen LogP contribution in [0.25, 0.3) is 0 Å². The van der Waals surface area contributed by atoms with Gasteiger partial charge in [0.1, 0.15) is 0 Å². The SMILES string of the molecule is O=C(Nc1ccc(F)c([N+](=O)[O-])c1)C1CC(=O)N(c2ccc(Cl)cc2)C1. The van der Waals surface area contributed by atoms with Crippen LogP contribution in [-0.2, 0) is 9.59 Å². The number of halogens is 2. The molecule has 0 aliphatic carbocycles. The Morgan fingerprint density at radius 2 is 1.96 bits per heavy atom. The molecule has 1 atom stereocenters. The van der Waals surface area contributed by atoms with E-state index in [2.05, 4.69) is 5.32 Å². The molecule has 3 rings (SSSR count). The summed E-state index contributed by atoms with van der Waals surface area (Å²) >= 11 is 5.83. The number of nitro benzene ring substituents is 1. The third-order valence-corrected chi connectivity index (χ3v) is 4.30. The number of hydrogen-bond donors (Lipinski definition) is 1. The molecule has 2 amide bonds. The summed E-state index contributed by atoms with van der Waals surface area (Å²) in [6.45, 7) is 0.176. The highest BCUT2D eigenvalue weighted by Gasteiger charge is 2.35. The monoisotopic (exact) mass is 377 g/mol. The van der Waals surface area contributed by atoms with E-state index < -0.39 is 28.3 Å². The molecular weight excluding hydrogens is 365 g/mol. The molecule has 1 N–H and O–H groups in total. The molecule has 1 saturated heterocycles. The molecule has 9 heteroatoms. The zero-order valence-electron chi connectivity index (χ0n) is 13.3. The van der Waals surface area contributed by atoms with Gasteiger partial charge in [0.15, 0.2) is 0 Å². The van der Waals surface area contributed by atoms with E-state index in [1.165, 1.54) is 11.0 Å². The minimum absolute atomic E-state index is 0.0117. The van der Waals surface area contributed by atoms with Gasteiger partial charge in [-0.15, -0.1) is 0 Å². The molecule has 1 heterocycles. The van der Waals surface area contributed by atoms with Crippen LogP contribution in [0.2, 0.25) is 5.02 Å². The highest BCUT2D eigenvalue weighted by Crippen LogP contribution is 2.28. The predicted molar refractivity (Wildman–Crippen MR) is 93.6 cm³/mol. The molecule has 26 heavy (non-hydrogen) atoms. The van der Waals surface area contributed by atoms with Crippen LogP contribution >= 0.6 is 11.6 Å². The Morgan fingerprint density at radius 3 is 2.62 bits per heavy atom. The maximum atomic E-state index is 13.4. The zero-order valence-corrected chi connectivity index (χ0v) is 14.1. The number of amides is 2. The highest BCUT2D eigenvalue weighted by atomic mass is 35.5. The molecule has 0 aromatic heterocycles. The molecule has 0 saturated carbocycles. The van der Waals surface area contributed by atoms with E-state index in [4.69, 9.17) is 11.6 Å². The number of nitro groups is 1. The van der Waals surface area contributed by atoms with Crippen molar-refractivity contribution in [2.45, 2.75) is 6.42 Å². The molecule has 0 radical (unpaired) electrons. The fourth-order valence-electron chi connectivity index (χ4n) is 2.73. The molecule has 134 valence electrons. The van der Waals surface area contributed by atoms with E-state index >= 15 is 0 Å². The topological polar surface area (TPSA) is 92.5 Å². The lowest BCUT2D eigenvalue weighted by atomic mass is 10.1. The summed E-state index contributed by atoms with van der Waals surface area (Å²) in [6, 6.07) is 9.75. The maximum absolute atomic E-state index is 13.4. The van der Waals surface area contributed by atoms with Gasteiger partial charge in [-0.2, -0.15) is 4.39 Å². The summed E-state index contributed by atoms with van der Waals surface area (Å²) < 4.78 is 13.4. The van der Waals surface area contributed by atoms with Crippen molar-refractivity contribution in [3.8, 4) is 0 Å². The van der Waals surface area contributed by atoms with Gasteiger partial charge in [0.25, 0.3) is 0 Å². The highest BCUT2D eigenvalue weighted by molar-refractivity contribution is 6.30. The number of nitrogens with one attached hydrogen (secondary N) is 1. The van der Waals surface area contributed by atoms with Gasteiger partial charge in [-0.25, -0.2) is 0 Å². The van der Waals surface area contributed by atoms with Crippen LogP contribution in [0.5, 0.6) is 0 Å². The Labute approximate surface area is 152 Å². The van der Waals surface area contributed by atoms with Crippen molar-refractivity contribution in [3.63, 3.8) is 0 Å². The van der Waals surface area contributed by atoms with Gasteiger partial charge in [-0.1, -0.05) is 11.6 Å². The number of hydrogen-bond acceptors (Lipinski definition) is 4. The Hall–Kier alpha value is -3.00. The first-order valence-electron chi connectivity index (χ1n) is 7.66. The first kappa shape index (κ1) is 17.8. The van der Waals surface area contributed by atoms with Crippen molar-refractivity contribution in [1.29, 1.82) is 0 Å². The molecule has 1 fully saturated rings. The van der Waals surface area contributed by atoms with Crippen molar-refractivity contribution in [1.82, 2.24) is 0 Å². The maximum Gasteiger partial charge on any atom is 0.306 e. The average Bonchev–Trinajstić information content (AvgIpc) is 2.99. The lowest BCUT2D eigenvalue weighted by Crippen LogP contribution is -2.28. The van der Waals surface area contributed by atoms with Crippen molar-refractivity contribution >= 4 is 40.5 Å². The van der Waals surface area contributed by atoms with E-state index in [-0.39, 0.29) is 24.6 Å². The second-order valence-corrected chi connectivity index (χ2v) is 6.23. The van der Waals surface area contributed by atoms with Crippen LogP contribution in [0.4, 0.5) is 21.5 Å². The third-order valence-electron chi connectivity index (χ3n) is 4.04. The lowest BCUT2D eigenvalue weighted by molar-refractivity contribution is -0.387. The quantitative estimate of drug-likeness (QED) is 0.653. The number of anilines is 2. The first-order chi connectivity index (χ1) is 12.3. The van der Waals surface area contributed by atoms with Crippen LogP contribution in [0, 0.1) is 21.8 Å². The summed E-state index contributed by atoms with van der Waals surface area (Å²) in [5.74, 6) is -2.28. The molecule has 1 unspecified atom stereocenters. The molecular formula is C17H13ClFN3O4. The summed E-state index contributed by atoms with van der Waals surface area (Å²) in [5.41, 5.74) is 0.000649. The molecule has 1 aliphatic heterocycles. The Kier molecular flexibility index (Phi) is 4.85. The van der Waals surface area contributed by atoms with Gasteiger partial charge in [0.05, 0.1) is 10.8 Å². The Bertz CT molecular complexity index is 888. The van der Waals surface area contributed by atoms with Gasteiger partial charge in [-0.05, 0) is 36.4 Å². The minimum Gasteiger partial charge on any atom is -0.326 e. The number of carbonyl (C=O) groups is 2. The molecule has 7 nitrogen and oxygen atoms in total. The van der Waals surface area contributed by atoms with E-state index in [9.17, 15) is 24.1 Å². The van der Waals surface area contributed by atoms with Gasteiger partial charge in [0.2, 0.25) is 17.6 Å². The summed E-state index contributed by atoms with van der Waals surface area (Å²) in [5, 5.41) is 13.8. The molecule has 0 bridgehead atoms. The standard InChI is InChI=1S/C17H13ClFN3O4/c18-11-1-4-13(5-2-11)21-9-10(7-16(21)23)17(24)20-12-3-6-14(19)15(8-12)22(25)26/h1-6,8,10H,7,9H2,(H,20,24). The first-order valence-corrected chi connectivity index (χ1v) is 8.03. The van der Waals surface area contributed by atoms with Gasteiger partial charge in [-0.3, -0.25) is 19.7 Å². The molecule has 1 aliphatic rings. The summed E-state index contributed by atoms with van der Waals surface area (Å²) in [4.78, 5) is 36.0. The normalized spacial score (nSPS) is 16.6. The fourth-order valence-corrected chi connectivity index (χ4v) is 2.85. The van der Waals surface area contributed by atoms with Crippen LogP contribution in [0.15, 0.2) is 42.5 Å². The smallest absolute Gasteiger partial charge is 0.306 e. The van der Waals surface area contributed by atoms with Crippen LogP contribution in [-0.4, -0.2) is 23.3 Å². The van der Waals surface area contributed by atoms with Gasteiger partial charge in [0, 0.05) is 35.4 Å². The molecule has 0 spiro atoms. The van der Waals surface area contributed by atoms with E-state index in [0.717, 1.165) is 12.1 Å². The predicted octanol–water partition coefficient (Wildman–Crippen LogP) is 3.38. The van der Waals surface area contributed by atoms with Crippen LogP contribution in [0.3, 0.4) is 0 Å². The lowest BCUT2D eigenvalue weighted by Gasteiger charge is -2.16. The second-order valence-electron chi connectivity index (χ2n) is 5.79. The van der Waals surface area contributed by atoms with Gasteiger partial charge >= 0.3 is 5.69 Å². The molecule has 2 aromatic carbocycles. The number of carbonyl (C=O) groups excluding carboxylic acids is 2. The van der Waals surface area contributed by atoms with E-state index in [1.54, 1.807) is 24.3 Å². The van der Waals surface area contributed by atoms with Crippen molar-refractivity contribution in [2.75, 3.05) is 16.8 Å².